The van der Waals surface area contributed by atoms with Gasteiger partial charge < -0.3 is 273 Å². The smallest absolute Gasteiger partial charge is 0.187 e. The summed E-state index contributed by atoms with van der Waals surface area (Å²) >= 11 is 0. The van der Waals surface area contributed by atoms with Crippen molar-refractivity contribution in [1.29, 1.82) is 0 Å². The number of ether oxygens (including phenoxy) is 22. The second-order valence-corrected chi connectivity index (χ2v) is 30.9. The molecular formula is C66H110O55. The summed E-state index contributed by atoms with van der Waals surface area (Å²) in [5.74, 6) is 0. The predicted molar refractivity (Wildman–Crippen MR) is 359 cm³/mol. The van der Waals surface area contributed by atoms with Gasteiger partial charge in [-0.3, -0.25) is 0 Å². The average molecular weight is 1780 g/mol. The molecule has 33 aliphatic rings. The minimum absolute atomic E-state index is 1.15. The van der Waals surface area contributed by atoms with Gasteiger partial charge in [-0.2, -0.15) is 0 Å². The van der Waals surface area contributed by atoms with Gasteiger partial charge in [0, 0.05) is 0 Å². The summed E-state index contributed by atoms with van der Waals surface area (Å²) in [6.45, 7) is -12.7. The molecule has 0 aromatic rings. The Balaban J connectivity index is 0.766. The predicted octanol–water partition coefficient (Wildman–Crippen LogP) is -23.9. The highest BCUT2D eigenvalue weighted by Gasteiger charge is 2.63. The molecule has 33 heterocycles. The quantitative estimate of drug-likeness (QED) is 0.0913. The lowest BCUT2D eigenvalue weighted by Crippen LogP contribution is -2.68. The lowest BCUT2D eigenvalue weighted by molar-refractivity contribution is -0.401. The molecule has 22 bridgehead atoms. The minimum atomic E-state index is -2.34. The van der Waals surface area contributed by atoms with E-state index in [4.69, 9.17) is 104 Å². The normalized spacial score (nSPS) is 55.4. The van der Waals surface area contributed by atoms with E-state index in [9.17, 15) is 169 Å². The average Bonchev–Trinajstić information content (AvgIpc) is 0.773. The number of aliphatic hydroxyl groups excluding tert-OH is 33. The molecule has 33 fully saturated rings. The van der Waals surface area contributed by atoms with Crippen LogP contribution in [0.3, 0.4) is 0 Å². The fourth-order valence-electron chi connectivity index (χ4n) is 16.4. The summed E-state index contributed by atoms with van der Waals surface area (Å²) < 4.78 is 126. The summed E-state index contributed by atoms with van der Waals surface area (Å²) in [5, 5.41) is 369. The maximum atomic E-state index is 11.5. The van der Waals surface area contributed by atoms with Gasteiger partial charge in [-0.15, -0.1) is 0 Å². The van der Waals surface area contributed by atoms with E-state index < -0.39 is 410 Å². The van der Waals surface area contributed by atoms with Crippen molar-refractivity contribution >= 4 is 0 Å². The highest BCUT2D eigenvalue weighted by Crippen LogP contribution is 2.42. The van der Waals surface area contributed by atoms with Crippen molar-refractivity contribution in [3.05, 3.63) is 0 Å². The number of hydrogen-bond acceptors (Lipinski definition) is 55. The van der Waals surface area contributed by atoms with Crippen LogP contribution < -0.4 is 0 Å². The zero-order valence-electron chi connectivity index (χ0n) is 63.3. The minimum Gasteiger partial charge on any atom is -0.394 e. The third-order valence-corrected chi connectivity index (χ3v) is 23.2. The first-order valence-corrected chi connectivity index (χ1v) is 38.7. The van der Waals surface area contributed by atoms with E-state index in [1.165, 1.54) is 0 Å². The van der Waals surface area contributed by atoms with Crippen LogP contribution in [0.4, 0.5) is 0 Å². The van der Waals surface area contributed by atoms with Gasteiger partial charge >= 0.3 is 0 Å². The first kappa shape index (κ1) is 97.8. The molecule has 55 heteroatoms. The molecular weight excluding hydrogens is 1670 g/mol. The number of aliphatic hydroxyl groups is 33. The van der Waals surface area contributed by atoms with Crippen molar-refractivity contribution in [2.24, 2.45) is 0 Å². The van der Waals surface area contributed by atoms with Gasteiger partial charge in [-0.05, 0) is 0 Å². The molecule has 0 aliphatic carbocycles. The third-order valence-electron chi connectivity index (χ3n) is 23.2. The van der Waals surface area contributed by atoms with E-state index in [1.54, 1.807) is 0 Å². The molecule has 0 radical (unpaired) electrons. The SMILES string of the molecule is OC[C@H]1O[C@@H]2O[C@H]3[C@H](O)[C@@H](O)[C@@H](O[C@H]4[C@H](O)[C@@H](O)[C@@H](O[C@H]5[C@H](O)[C@@H](O)[C@@H](O[C@H]6[C@H](O)[C@@H](O)[C@@H](O[C@H]7[C@H](O)[C@@H](O)[C@@H](O[C@H]8[C@H](O)[C@@H](O)[C@@H](O[C@H]9[C@H](O)[C@@H](O)[C@@H](O[C@H]%10[C@H](O)[C@@H](O)[C@@H](O[C@H]%11[C@H](O)[C@@H](O)[C@@H](O[C@H]%12[C@H](O)[C@@H](O)[C@@H](O[C@H]1[C@H](O)[C@H]2O)O[C@@H]%12CO)O[C@@H]%11CO)O[C@@H]%10CO)O[C@@H]9CO)O[C@@H]8CO)O[C@@H]7CO)O[C@@H]6CO)O[C@@H]5CO)O[C@@H]4CO)O[C@@H]3CO. The van der Waals surface area contributed by atoms with Crippen LogP contribution in [0.2, 0.25) is 0 Å². The Hall–Kier alpha value is -2.20. The van der Waals surface area contributed by atoms with Crippen molar-refractivity contribution in [1.82, 2.24) is 0 Å². The van der Waals surface area contributed by atoms with Gasteiger partial charge in [0.25, 0.3) is 0 Å². The maximum absolute atomic E-state index is 11.5. The molecule has 0 saturated carbocycles. The van der Waals surface area contributed by atoms with Crippen LogP contribution in [-0.2, 0) is 104 Å². The van der Waals surface area contributed by atoms with E-state index in [0.29, 0.717) is 0 Å². The van der Waals surface area contributed by atoms with Gasteiger partial charge in [0.1, 0.15) is 269 Å². The first-order valence-electron chi connectivity index (χ1n) is 38.7. The highest BCUT2D eigenvalue weighted by atomic mass is 16.8. The van der Waals surface area contributed by atoms with Gasteiger partial charge in [0.15, 0.2) is 69.2 Å². The highest BCUT2D eigenvalue weighted by molar-refractivity contribution is 5.05. The largest absolute Gasteiger partial charge is 0.394 e. The molecule has 55 nitrogen and oxygen atoms in total. The van der Waals surface area contributed by atoms with Gasteiger partial charge in [-0.25, -0.2) is 0 Å². The molecule has 0 amide bonds. The van der Waals surface area contributed by atoms with Crippen molar-refractivity contribution < 1.29 is 273 Å². The Morgan fingerprint density at radius 2 is 0.165 bits per heavy atom. The Morgan fingerprint density at radius 1 is 0.0992 bits per heavy atom. The summed E-state index contributed by atoms with van der Waals surface area (Å²) in [4.78, 5) is 0. The molecule has 121 heavy (non-hydrogen) atoms. The second kappa shape index (κ2) is 41.9. The molecule has 33 N–H and O–H groups in total. The standard InChI is InChI=1S/C66H110O55/c67-1-12-45-23(78)34(89)56(100-12)112-46-13(2-68)102-58(36(91)25(46)80)114-48-15(4-70)104-60(38(93)27(48)82)116-50-17(6-72)106-62(40(95)29(50)84)118-52-19(8-74)108-64(42(97)31(52)86)120-54-21(10-76)110-66(44(99)33(54)88)121-55-22(11-77)109-65(43(98)32(55)87)119-53-20(9-75)107-63(41(96)30(53)85)117-51-18(7-73)105-61(39(94)28(51)83)115-49-16(5-71)103-59(37(92)26(49)81)113-47-14(3-69)101-57(111-45)35(90)24(47)79/h12-99H,1-11H2/t12-,13-,14-,15-,16-,17-,18-,19-,20-,21-,22-,23-,24-,25-,26-,27-,28-,29-,30-,31-,32-,33-,34-,35-,36-,37-,38-,39-,40-,41-,42-,43-,44-,45-,46-,47-,48-,49-,50-,51-,52-,53-,54-,55-,56-,57-,58-,59-,60-,61-,62-,63-,64-,65-,66-/m1/s1. The lowest BCUT2D eigenvalue weighted by atomic mass is 9.95. The summed E-state index contributed by atoms with van der Waals surface area (Å²) in [6.07, 6.45) is -117. The van der Waals surface area contributed by atoms with Crippen LogP contribution in [0.1, 0.15) is 0 Å². The fraction of sp³-hybridized carbons (Fsp3) is 1.00. The zero-order chi connectivity index (χ0) is 88.1. The van der Waals surface area contributed by atoms with Gasteiger partial charge in [-0.1, -0.05) is 0 Å². The van der Waals surface area contributed by atoms with E-state index in [0.717, 1.165) is 0 Å². The number of rotatable bonds is 11. The van der Waals surface area contributed by atoms with Crippen LogP contribution in [-0.4, -0.2) is 579 Å². The molecule has 0 aromatic carbocycles. The van der Waals surface area contributed by atoms with E-state index in [-0.39, 0.29) is 0 Å². The van der Waals surface area contributed by atoms with Crippen molar-refractivity contribution in [2.45, 2.75) is 338 Å². The Labute approximate surface area is 681 Å². The molecule has 0 aromatic heterocycles. The molecule has 704 valence electrons. The molecule has 55 atom stereocenters. The van der Waals surface area contributed by atoms with Gasteiger partial charge in [0.05, 0.1) is 72.7 Å². The molecule has 33 aliphatic heterocycles. The first-order chi connectivity index (χ1) is 57.6. The topological polar surface area (TPSA) is 871 Å². The maximum Gasteiger partial charge on any atom is 0.187 e. The molecule has 0 unspecified atom stereocenters. The van der Waals surface area contributed by atoms with Gasteiger partial charge in [0.2, 0.25) is 0 Å². The van der Waals surface area contributed by atoms with Crippen molar-refractivity contribution in [3.8, 4) is 0 Å². The lowest BCUT2D eigenvalue weighted by Gasteiger charge is -2.50. The van der Waals surface area contributed by atoms with E-state index in [2.05, 4.69) is 0 Å². The Morgan fingerprint density at radius 3 is 0.223 bits per heavy atom. The van der Waals surface area contributed by atoms with Crippen molar-refractivity contribution in [3.63, 3.8) is 0 Å². The molecule has 33 saturated heterocycles. The summed E-state index contributed by atoms with van der Waals surface area (Å²) in [6, 6.07) is 0. The van der Waals surface area contributed by atoms with Crippen LogP contribution >= 0.6 is 0 Å². The van der Waals surface area contributed by atoms with E-state index in [1.807, 2.05) is 0 Å². The van der Waals surface area contributed by atoms with E-state index >= 15 is 0 Å². The molecule has 33 rings (SSSR count). The zero-order valence-corrected chi connectivity index (χ0v) is 63.3. The molecule has 0 spiro atoms. The summed E-state index contributed by atoms with van der Waals surface area (Å²) in [7, 11) is 0. The third kappa shape index (κ3) is 19.6. The summed E-state index contributed by atoms with van der Waals surface area (Å²) in [5.41, 5.74) is 0. The number of hydrogen-bond donors (Lipinski definition) is 33. The van der Waals surface area contributed by atoms with Crippen LogP contribution in [0.15, 0.2) is 0 Å². The van der Waals surface area contributed by atoms with Crippen LogP contribution in [0.5, 0.6) is 0 Å². The van der Waals surface area contributed by atoms with Crippen molar-refractivity contribution in [2.75, 3.05) is 72.7 Å². The Kier molecular flexibility index (Phi) is 33.9. The van der Waals surface area contributed by atoms with Crippen LogP contribution in [0, 0.1) is 0 Å². The monoisotopic (exact) mass is 1780 g/mol. The second-order valence-electron chi connectivity index (χ2n) is 30.9. The fourth-order valence-corrected chi connectivity index (χ4v) is 16.4. The Bertz CT molecular complexity index is 2430. The van der Waals surface area contributed by atoms with Crippen LogP contribution in [0.25, 0.3) is 0 Å².